The van der Waals surface area contributed by atoms with Gasteiger partial charge in [-0.05, 0) is 74.5 Å². The molecule has 0 spiro atoms. The number of hydrogen-bond donors (Lipinski definition) is 0. The standard InChI is InChI=1S/C28H16O/c1-2-8-21-20(7-1)23-10-5-6-18-14-19(16-25(21)28(18)23)17-12-13-27-24(15-17)22-9-3-4-11-26(22)29-27/h1-16H. The fraction of sp³-hybridized carbons (Fsp3) is 0. The molecule has 7 rings (SSSR count). The van der Waals surface area contributed by atoms with Crippen molar-refractivity contribution in [3.05, 3.63) is 97.1 Å². The Labute approximate surface area is 167 Å². The molecule has 29 heavy (non-hydrogen) atoms. The quantitative estimate of drug-likeness (QED) is 0.286. The van der Waals surface area contributed by atoms with Crippen LogP contribution < -0.4 is 0 Å². The predicted molar refractivity (Wildman–Crippen MR) is 121 cm³/mol. The van der Waals surface area contributed by atoms with Crippen LogP contribution in [0.4, 0.5) is 0 Å². The van der Waals surface area contributed by atoms with Gasteiger partial charge in [0.1, 0.15) is 11.2 Å². The van der Waals surface area contributed by atoms with Gasteiger partial charge in [0.2, 0.25) is 0 Å². The van der Waals surface area contributed by atoms with Gasteiger partial charge in [-0.3, -0.25) is 0 Å². The molecule has 0 saturated carbocycles. The summed E-state index contributed by atoms with van der Waals surface area (Å²) in [5, 5.41) is 5.00. The van der Waals surface area contributed by atoms with Crippen LogP contribution in [0.1, 0.15) is 0 Å². The van der Waals surface area contributed by atoms with Crippen LogP contribution in [0.25, 0.3) is 66.1 Å². The van der Waals surface area contributed by atoms with E-state index < -0.39 is 0 Å². The molecule has 1 aliphatic rings. The molecule has 0 unspecified atom stereocenters. The Kier molecular flexibility index (Phi) is 2.80. The van der Waals surface area contributed by atoms with Crippen molar-refractivity contribution in [3.8, 4) is 33.4 Å². The second-order valence-corrected chi connectivity index (χ2v) is 7.78. The molecule has 0 radical (unpaired) electrons. The van der Waals surface area contributed by atoms with Crippen LogP contribution in [-0.4, -0.2) is 0 Å². The molecule has 0 saturated heterocycles. The third kappa shape index (κ3) is 1.99. The number of para-hydroxylation sites is 1. The first-order chi connectivity index (χ1) is 14.4. The highest BCUT2D eigenvalue weighted by Crippen LogP contribution is 2.48. The Balaban J connectivity index is 1.53. The van der Waals surface area contributed by atoms with E-state index in [-0.39, 0.29) is 0 Å². The van der Waals surface area contributed by atoms with E-state index in [9.17, 15) is 0 Å². The lowest BCUT2D eigenvalue weighted by Gasteiger charge is -2.08. The highest BCUT2D eigenvalue weighted by atomic mass is 16.3. The minimum atomic E-state index is 0.938. The summed E-state index contributed by atoms with van der Waals surface area (Å²) >= 11 is 0. The Hall–Kier alpha value is -3.84. The summed E-state index contributed by atoms with van der Waals surface area (Å²) in [4.78, 5) is 0. The fourth-order valence-corrected chi connectivity index (χ4v) is 4.89. The fourth-order valence-electron chi connectivity index (χ4n) is 4.89. The molecule has 1 heteroatoms. The summed E-state index contributed by atoms with van der Waals surface area (Å²) in [6.07, 6.45) is 0. The maximum absolute atomic E-state index is 6.01. The highest BCUT2D eigenvalue weighted by molar-refractivity contribution is 6.16. The zero-order valence-corrected chi connectivity index (χ0v) is 15.6. The summed E-state index contributed by atoms with van der Waals surface area (Å²) in [5.41, 5.74) is 9.68. The number of rotatable bonds is 1. The van der Waals surface area contributed by atoms with Gasteiger partial charge >= 0.3 is 0 Å². The first-order valence-electron chi connectivity index (χ1n) is 9.95. The third-order valence-electron chi connectivity index (χ3n) is 6.19. The summed E-state index contributed by atoms with van der Waals surface area (Å²) in [6.45, 7) is 0. The van der Waals surface area contributed by atoms with Crippen molar-refractivity contribution >= 4 is 32.7 Å². The molecule has 6 aromatic rings. The summed E-state index contributed by atoms with van der Waals surface area (Å²) in [7, 11) is 0. The minimum Gasteiger partial charge on any atom is -0.456 e. The number of hydrogen-bond acceptors (Lipinski definition) is 1. The number of furan rings is 1. The molecule has 0 atom stereocenters. The highest BCUT2D eigenvalue weighted by Gasteiger charge is 2.21. The molecule has 0 aliphatic heterocycles. The van der Waals surface area contributed by atoms with Crippen LogP contribution >= 0.6 is 0 Å². The van der Waals surface area contributed by atoms with Crippen molar-refractivity contribution in [2.45, 2.75) is 0 Å². The van der Waals surface area contributed by atoms with Crippen LogP contribution in [-0.2, 0) is 0 Å². The zero-order chi connectivity index (χ0) is 18.9. The monoisotopic (exact) mass is 368 g/mol. The van der Waals surface area contributed by atoms with E-state index in [0.29, 0.717) is 0 Å². The Morgan fingerprint density at radius 2 is 1.21 bits per heavy atom. The van der Waals surface area contributed by atoms with Crippen molar-refractivity contribution in [3.63, 3.8) is 0 Å². The van der Waals surface area contributed by atoms with Crippen LogP contribution in [0.2, 0.25) is 0 Å². The molecule has 0 fully saturated rings. The van der Waals surface area contributed by atoms with Crippen molar-refractivity contribution in [1.82, 2.24) is 0 Å². The summed E-state index contributed by atoms with van der Waals surface area (Å²) in [5.74, 6) is 0. The predicted octanol–water partition coefficient (Wildman–Crippen LogP) is 8.05. The average molecular weight is 368 g/mol. The van der Waals surface area contributed by atoms with Crippen LogP contribution in [0.15, 0.2) is 101 Å². The molecule has 1 aliphatic carbocycles. The summed E-state index contributed by atoms with van der Waals surface area (Å²) < 4.78 is 6.01. The van der Waals surface area contributed by atoms with Crippen LogP contribution in [0, 0.1) is 0 Å². The smallest absolute Gasteiger partial charge is 0.135 e. The van der Waals surface area contributed by atoms with Crippen LogP contribution in [0.5, 0.6) is 0 Å². The lowest BCUT2D eigenvalue weighted by atomic mass is 9.95. The third-order valence-corrected chi connectivity index (χ3v) is 6.19. The van der Waals surface area contributed by atoms with Gasteiger partial charge in [-0.1, -0.05) is 66.7 Å². The molecular weight excluding hydrogens is 352 g/mol. The molecule has 0 bridgehead atoms. The van der Waals surface area contributed by atoms with E-state index in [2.05, 4.69) is 84.9 Å². The van der Waals surface area contributed by atoms with Crippen molar-refractivity contribution in [1.29, 1.82) is 0 Å². The lowest BCUT2D eigenvalue weighted by molar-refractivity contribution is 0.669. The van der Waals surface area contributed by atoms with Crippen molar-refractivity contribution in [2.75, 3.05) is 0 Å². The van der Waals surface area contributed by atoms with Crippen molar-refractivity contribution in [2.24, 2.45) is 0 Å². The SMILES string of the molecule is c1ccc2c(c1)-c1cccc3cc(-c4ccc5oc6ccccc6c5c4)cc-2c13. The molecule has 0 amide bonds. The van der Waals surface area contributed by atoms with Gasteiger partial charge in [0, 0.05) is 10.8 Å². The Morgan fingerprint density at radius 1 is 0.448 bits per heavy atom. The van der Waals surface area contributed by atoms with E-state index in [0.717, 1.165) is 11.2 Å². The van der Waals surface area contributed by atoms with E-state index in [4.69, 9.17) is 4.42 Å². The second kappa shape index (κ2) is 5.36. The molecule has 1 aromatic heterocycles. The molecule has 1 nitrogen and oxygen atoms in total. The lowest BCUT2D eigenvalue weighted by Crippen LogP contribution is -1.82. The first kappa shape index (κ1) is 15.1. The molecule has 134 valence electrons. The topological polar surface area (TPSA) is 13.1 Å². The van der Waals surface area contributed by atoms with Gasteiger partial charge in [0.05, 0.1) is 0 Å². The maximum atomic E-state index is 6.01. The Morgan fingerprint density at radius 3 is 2.14 bits per heavy atom. The Bertz CT molecular complexity index is 1600. The van der Waals surface area contributed by atoms with Gasteiger partial charge in [0.25, 0.3) is 0 Å². The number of fused-ring (bicyclic) bond motifs is 6. The normalized spacial score (nSPS) is 12.1. The van der Waals surface area contributed by atoms with Crippen molar-refractivity contribution < 1.29 is 4.42 Å². The minimum absolute atomic E-state index is 0.938. The molecule has 0 N–H and O–H groups in total. The van der Waals surface area contributed by atoms with Gasteiger partial charge < -0.3 is 4.42 Å². The van der Waals surface area contributed by atoms with E-state index in [1.807, 2.05) is 12.1 Å². The maximum Gasteiger partial charge on any atom is 0.135 e. The summed E-state index contributed by atoms with van der Waals surface area (Å²) in [6, 6.07) is 34.8. The molecule has 5 aromatic carbocycles. The van der Waals surface area contributed by atoms with Gasteiger partial charge in [-0.2, -0.15) is 0 Å². The second-order valence-electron chi connectivity index (χ2n) is 7.78. The largest absolute Gasteiger partial charge is 0.456 e. The van der Waals surface area contributed by atoms with E-state index >= 15 is 0 Å². The van der Waals surface area contributed by atoms with Gasteiger partial charge in [0.15, 0.2) is 0 Å². The zero-order valence-electron chi connectivity index (χ0n) is 15.6. The number of benzene rings is 5. The molecular formula is C28H16O. The van der Waals surface area contributed by atoms with Gasteiger partial charge in [-0.25, -0.2) is 0 Å². The first-order valence-corrected chi connectivity index (χ1v) is 9.95. The van der Waals surface area contributed by atoms with Crippen LogP contribution in [0.3, 0.4) is 0 Å². The van der Waals surface area contributed by atoms with E-state index in [1.165, 1.54) is 54.9 Å². The van der Waals surface area contributed by atoms with Gasteiger partial charge in [-0.15, -0.1) is 0 Å². The van der Waals surface area contributed by atoms with E-state index in [1.54, 1.807) is 0 Å². The molecule has 1 heterocycles. The average Bonchev–Trinajstić information content (AvgIpc) is 3.31.